The van der Waals surface area contributed by atoms with Gasteiger partial charge in [-0.25, -0.2) is 4.39 Å². The molecule has 1 amide bonds. The molecule has 0 spiro atoms. The van der Waals surface area contributed by atoms with Gasteiger partial charge in [0.25, 0.3) is 5.91 Å². The zero-order valence-corrected chi connectivity index (χ0v) is 12.3. The highest BCUT2D eigenvalue weighted by Gasteiger charge is 2.19. The molecule has 0 N–H and O–H groups in total. The first-order chi connectivity index (χ1) is 8.95. The number of nitriles is 1. The monoisotopic (exact) mass is 328 g/mol. The van der Waals surface area contributed by atoms with Gasteiger partial charge < -0.3 is 9.64 Å². The lowest BCUT2D eigenvalue weighted by Crippen LogP contribution is -2.38. The van der Waals surface area contributed by atoms with Crippen molar-refractivity contribution >= 4 is 21.8 Å². The van der Waals surface area contributed by atoms with Crippen LogP contribution in [0.5, 0.6) is 5.75 Å². The van der Waals surface area contributed by atoms with Crippen molar-refractivity contribution in [3.8, 4) is 11.8 Å². The van der Waals surface area contributed by atoms with Gasteiger partial charge in [-0.05, 0) is 41.1 Å². The van der Waals surface area contributed by atoms with Gasteiger partial charge in [0.15, 0.2) is 6.10 Å². The molecular weight excluding hydrogens is 315 g/mol. The van der Waals surface area contributed by atoms with Crippen molar-refractivity contribution in [2.45, 2.75) is 19.4 Å². The van der Waals surface area contributed by atoms with E-state index in [2.05, 4.69) is 15.9 Å². The number of benzene rings is 1. The summed E-state index contributed by atoms with van der Waals surface area (Å²) in [7, 11) is 1.61. The minimum atomic E-state index is -0.703. The van der Waals surface area contributed by atoms with E-state index in [0.29, 0.717) is 16.8 Å². The summed E-state index contributed by atoms with van der Waals surface area (Å²) in [6.07, 6.45) is -0.430. The fourth-order valence-electron chi connectivity index (χ4n) is 1.45. The minimum absolute atomic E-state index is 0.230. The van der Waals surface area contributed by atoms with Gasteiger partial charge >= 0.3 is 0 Å². The Hall–Kier alpha value is -1.61. The molecule has 0 aromatic heterocycles. The molecule has 1 aromatic rings. The second-order valence-corrected chi connectivity index (χ2v) is 4.86. The standard InChI is InChI=1S/C13H14BrFN2O2/c1-9(13(18)17(2)7-3-6-16)19-12-5-4-10(15)8-11(12)14/h4-5,8-9H,3,7H2,1-2H3. The molecular formula is C13H14BrFN2O2. The molecule has 0 saturated heterocycles. The summed E-state index contributed by atoms with van der Waals surface area (Å²) < 4.78 is 18.8. The fourth-order valence-corrected chi connectivity index (χ4v) is 1.89. The van der Waals surface area contributed by atoms with Gasteiger partial charge in [0.1, 0.15) is 11.6 Å². The number of amides is 1. The third kappa shape index (κ3) is 4.52. The predicted octanol–water partition coefficient (Wildman–Crippen LogP) is 2.73. The zero-order valence-electron chi connectivity index (χ0n) is 10.7. The van der Waals surface area contributed by atoms with E-state index < -0.39 is 6.10 Å². The highest BCUT2D eigenvalue weighted by molar-refractivity contribution is 9.10. The summed E-state index contributed by atoms with van der Waals surface area (Å²) in [6.45, 7) is 1.97. The first kappa shape index (κ1) is 15.4. The maximum Gasteiger partial charge on any atom is 0.263 e. The molecule has 0 radical (unpaired) electrons. The van der Waals surface area contributed by atoms with Crippen LogP contribution in [0.25, 0.3) is 0 Å². The lowest BCUT2D eigenvalue weighted by Gasteiger charge is -2.21. The largest absolute Gasteiger partial charge is 0.480 e. The normalized spacial score (nSPS) is 11.5. The fraction of sp³-hybridized carbons (Fsp3) is 0.385. The Bertz CT molecular complexity index is 502. The van der Waals surface area contributed by atoms with Crippen LogP contribution in [0.3, 0.4) is 0 Å². The number of likely N-dealkylation sites (N-methyl/N-ethyl adjacent to an activating group) is 1. The summed E-state index contributed by atoms with van der Waals surface area (Å²) in [4.78, 5) is 13.4. The molecule has 1 unspecified atom stereocenters. The van der Waals surface area contributed by atoms with E-state index in [-0.39, 0.29) is 18.1 Å². The highest BCUT2D eigenvalue weighted by Crippen LogP contribution is 2.26. The van der Waals surface area contributed by atoms with Crippen LogP contribution in [0, 0.1) is 17.1 Å². The second kappa shape index (κ2) is 7.10. The van der Waals surface area contributed by atoms with E-state index in [0.717, 1.165) is 0 Å². The molecule has 0 fully saturated rings. The van der Waals surface area contributed by atoms with Crippen molar-refractivity contribution in [2.75, 3.05) is 13.6 Å². The smallest absolute Gasteiger partial charge is 0.263 e. The molecule has 0 aliphatic carbocycles. The van der Waals surface area contributed by atoms with Crippen LogP contribution >= 0.6 is 15.9 Å². The molecule has 102 valence electrons. The maximum atomic E-state index is 12.9. The number of carbonyl (C=O) groups excluding carboxylic acids is 1. The van der Waals surface area contributed by atoms with E-state index >= 15 is 0 Å². The van der Waals surface area contributed by atoms with Gasteiger partial charge in [-0.2, -0.15) is 5.26 Å². The SMILES string of the molecule is CC(Oc1ccc(F)cc1Br)C(=O)N(C)CCC#N. The van der Waals surface area contributed by atoms with Crippen LogP contribution < -0.4 is 4.74 Å². The number of nitrogens with zero attached hydrogens (tertiary/aromatic N) is 2. The lowest BCUT2D eigenvalue weighted by molar-refractivity contribution is -0.136. The molecule has 0 heterocycles. The summed E-state index contributed by atoms with van der Waals surface area (Å²) in [6, 6.07) is 5.96. The van der Waals surface area contributed by atoms with Gasteiger partial charge in [-0.1, -0.05) is 0 Å². The predicted molar refractivity (Wildman–Crippen MR) is 72.1 cm³/mol. The molecule has 0 saturated carbocycles. The molecule has 0 bridgehead atoms. The summed E-state index contributed by atoms with van der Waals surface area (Å²) in [5, 5.41) is 8.47. The number of rotatable bonds is 5. The van der Waals surface area contributed by atoms with Gasteiger partial charge in [-0.3, -0.25) is 4.79 Å². The van der Waals surface area contributed by atoms with Crippen LogP contribution in [-0.2, 0) is 4.79 Å². The number of carbonyl (C=O) groups is 1. The molecule has 6 heteroatoms. The van der Waals surface area contributed by atoms with E-state index in [9.17, 15) is 9.18 Å². The van der Waals surface area contributed by atoms with Crippen LogP contribution in [-0.4, -0.2) is 30.5 Å². The lowest BCUT2D eigenvalue weighted by atomic mass is 10.3. The van der Waals surface area contributed by atoms with Gasteiger partial charge in [-0.15, -0.1) is 0 Å². The molecule has 1 rings (SSSR count). The van der Waals surface area contributed by atoms with Crippen molar-refractivity contribution in [3.05, 3.63) is 28.5 Å². The Balaban J connectivity index is 2.66. The Morgan fingerprint density at radius 1 is 1.63 bits per heavy atom. The number of hydrogen-bond acceptors (Lipinski definition) is 3. The van der Waals surface area contributed by atoms with Crippen LogP contribution in [0.15, 0.2) is 22.7 Å². The van der Waals surface area contributed by atoms with Crippen molar-refractivity contribution in [1.29, 1.82) is 5.26 Å². The van der Waals surface area contributed by atoms with E-state index in [1.165, 1.54) is 23.1 Å². The van der Waals surface area contributed by atoms with E-state index in [1.54, 1.807) is 14.0 Å². The number of hydrogen-bond donors (Lipinski definition) is 0. The quantitative estimate of drug-likeness (QED) is 0.835. The first-order valence-electron chi connectivity index (χ1n) is 5.69. The Kier molecular flexibility index (Phi) is 5.77. The second-order valence-electron chi connectivity index (χ2n) is 4.00. The Labute approximate surface area is 119 Å². The summed E-state index contributed by atoms with van der Waals surface area (Å²) in [5.41, 5.74) is 0. The summed E-state index contributed by atoms with van der Waals surface area (Å²) in [5.74, 6) is -0.216. The molecule has 4 nitrogen and oxygen atoms in total. The third-order valence-electron chi connectivity index (χ3n) is 2.48. The molecule has 19 heavy (non-hydrogen) atoms. The Morgan fingerprint density at radius 3 is 2.89 bits per heavy atom. The number of halogens is 2. The van der Waals surface area contributed by atoms with Crippen molar-refractivity contribution in [1.82, 2.24) is 4.90 Å². The molecule has 1 aromatic carbocycles. The average Bonchev–Trinajstić information content (AvgIpc) is 2.38. The Morgan fingerprint density at radius 2 is 2.32 bits per heavy atom. The minimum Gasteiger partial charge on any atom is -0.480 e. The topological polar surface area (TPSA) is 53.3 Å². The van der Waals surface area contributed by atoms with Crippen molar-refractivity contribution in [2.24, 2.45) is 0 Å². The van der Waals surface area contributed by atoms with Gasteiger partial charge in [0, 0.05) is 13.6 Å². The van der Waals surface area contributed by atoms with Crippen LogP contribution in [0.1, 0.15) is 13.3 Å². The van der Waals surface area contributed by atoms with E-state index in [1.807, 2.05) is 6.07 Å². The molecule has 1 atom stereocenters. The average molecular weight is 329 g/mol. The molecule has 0 aliphatic heterocycles. The zero-order chi connectivity index (χ0) is 14.4. The van der Waals surface area contributed by atoms with Gasteiger partial charge in [0.05, 0.1) is 17.0 Å². The van der Waals surface area contributed by atoms with Gasteiger partial charge in [0.2, 0.25) is 0 Å². The van der Waals surface area contributed by atoms with Crippen LogP contribution in [0.4, 0.5) is 4.39 Å². The van der Waals surface area contributed by atoms with Crippen molar-refractivity contribution < 1.29 is 13.9 Å². The van der Waals surface area contributed by atoms with Crippen molar-refractivity contribution in [3.63, 3.8) is 0 Å². The molecule has 0 aliphatic rings. The highest BCUT2D eigenvalue weighted by atomic mass is 79.9. The number of ether oxygens (including phenoxy) is 1. The van der Waals surface area contributed by atoms with E-state index in [4.69, 9.17) is 10.00 Å². The van der Waals surface area contributed by atoms with Crippen LogP contribution in [0.2, 0.25) is 0 Å². The maximum absolute atomic E-state index is 12.9. The first-order valence-corrected chi connectivity index (χ1v) is 6.48. The third-order valence-corrected chi connectivity index (χ3v) is 3.10. The summed E-state index contributed by atoms with van der Waals surface area (Å²) >= 11 is 3.17.